The third-order valence-corrected chi connectivity index (χ3v) is 5.76. The lowest BCUT2D eigenvalue weighted by Gasteiger charge is -2.32. The molecule has 4 heteroatoms. The van der Waals surface area contributed by atoms with Gasteiger partial charge in [0.25, 0.3) is 0 Å². The molecule has 118 valence electrons. The number of anilines is 1. The number of amides is 1. The first-order valence-corrected chi connectivity index (χ1v) is 8.58. The van der Waals surface area contributed by atoms with Crippen LogP contribution in [0.1, 0.15) is 30.4 Å². The average molecular weight is 299 g/mol. The molecule has 4 atom stereocenters. The largest absolute Gasteiger partial charge is 0.330 e. The summed E-state index contributed by atoms with van der Waals surface area (Å²) in [5, 5.41) is 0. The Kier molecular flexibility index (Phi) is 3.46. The molecule has 0 spiro atoms. The molecule has 4 N–H and O–H groups in total. The van der Waals surface area contributed by atoms with Crippen molar-refractivity contribution >= 4 is 11.6 Å². The highest BCUT2D eigenvalue weighted by Crippen LogP contribution is 2.55. The topological polar surface area (TPSA) is 72.3 Å². The average Bonchev–Trinajstić information content (AvgIpc) is 3.26. The van der Waals surface area contributed by atoms with E-state index >= 15 is 0 Å². The second kappa shape index (κ2) is 5.36. The summed E-state index contributed by atoms with van der Waals surface area (Å²) in [6.45, 7) is 1.52. The minimum atomic E-state index is 0.162. The van der Waals surface area contributed by atoms with Crippen molar-refractivity contribution in [3.8, 4) is 0 Å². The number of carbonyl (C=O) groups is 1. The number of fused-ring (bicyclic) bond motifs is 2. The Bertz CT molecular complexity index is 600. The number of rotatable bonds is 3. The lowest BCUT2D eigenvalue weighted by Crippen LogP contribution is -2.40. The Balaban J connectivity index is 1.58. The van der Waals surface area contributed by atoms with Crippen LogP contribution >= 0.6 is 0 Å². The molecule has 1 aliphatic heterocycles. The summed E-state index contributed by atoms with van der Waals surface area (Å²) in [7, 11) is 0. The van der Waals surface area contributed by atoms with Crippen molar-refractivity contribution in [2.24, 2.45) is 29.2 Å². The fourth-order valence-corrected chi connectivity index (χ4v) is 4.52. The second-order valence-corrected chi connectivity index (χ2v) is 7.16. The lowest BCUT2D eigenvalue weighted by molar-refractivity contribution is -0.122. The van der Waals surface area contributed by atoms with E-state index < -0.39 is 0 Å². The van der Waals surface area contributed by atoms with Gasteiger partial charge in [0.2, 0.25) is 5.91 Å². The molecule has 0 bridgehead atoms. The number of nitrogens with zero attached hydrogens (tertiary/aromatic N) is 1. The number of hydrogen-bond acceptors (Lipinski definition) is 3. The number of benzene rings is 1. The molecule has 4 rings (SSSR count). The van der Waals surface area contributed by atoms with Gasteiger partial charge < -0.3 is 16.4 Å². The van der Waals surface area contributed by atoms with Crippen molar-refractivity contribution in [2.75, 3.05) is 18.0 Å². The molecular weight excluding hydrogens is 274 g/mol. The van der Waals surface area contributed by atoms with E-state index in [1.54, 1.807) is 0 Å². The zero-order valence-corrected chi connectivity index (χ0v) is 13.0. The molecule has 1 aromatic carbocycles. The first kappa shape index (κ1) is 14.2. The van der Waals surface area contributed by atoms with Crippen LogP contribution in [0.5, 0.6) is 0 Å². The van der Waals surface area contributed by atoms with E-state index in [1.165, 1.54) is 11.1 Å². The predicted octanol–water partition coefficient (Wildman–Crippen LogP) is 1.45. The van der Waals surface area contributed by atoms with Gasteiger partial charge in [-0.05, 0) is 67.7 Å². The third-order valence-electron chi connectivity index (χ3n) is 5.76. The van der Waals surface area contributed by atoms with Gasteiger partial charge in [-0.3, -0.25) is 4.79 Å². The Morgan fingerprint density at radius 3 is 2.82 bits per heavy atom. The summed E-state index contributed by atoms with van der Waals surface area (Å²) in [5.74, 6) is 1.65. The van der Waals surface area contributed by atoms with Gasteiger partial charge in [0.15, 0.2) is 0 Å². The first-order chi connectivity index (χ1) is 10.7. The molecule has 2 aliphatic carbocycles. The van der Waals surface area contributed by atoms with Crippen LogP contribution in [0.2, 0.25) is 0 Å². The number of nitrogens with two attached hydrogens (primary N) is 2. The molecule has 0 radical (unpaired) electrons. The molecule has 0 aromatic heterocycles. The van der Waals surface area contributed by atoms with E-state index in [0.29, 0.717) is 24.3 Å². The van der Waals surface area contributed by atoms with Crippen LogP contribution in [-0.4, -0.2) is 25.0 Å². The number of aryl methyl sites for hydroxylation is 1. The maximum absolute atomic E-state index is 13.0. The summed E-state index contributed by atoms with van der Waals surface area (Å²) in [6.07, 6.45) is 5.06. The van der Waals surface area contributed by atoms with Gasteiger partial charge in [-0.2, -0.15) is 0 Å². The third kappa shape index (κ3) is 2.25. The van der Waals surface area contributed by atoms with Gasteiger partial charge in [-0.1, -0.05) is 12.1 Å². The van der Waals surface area contributed by atoms with Crippen LogP contribution in [0.25, 0.3) is 0 Å². The molecule has 2 saturated carbocycles. The summed E-state index contributed by atoms with van der Waals surface area (Å²) in [4.78, 5) is 15.0. The maximum Gasteiger partial charge on any atom is 0.230 e. The molecular formula is C18H25N3O. The highest BCUT2D eigenvalue weighted by atomic mass is 16.2. The van der Waals surface area contributed by atoms with Crippen LogP contribution < -0.4 is 16.4 Å². The van der Waals surface area contributed by atoms with E-state index in [2.05, 4.69) is 18.2 Å². The molecule has 1 amide bonds. The molecule has 22 heavy (non-hydrogen) atoms. The SMILES string of the molecule is NCCc1ccc2c(c1)CCCN2C(=O)[C@@H]1C[C@H](N)[C@H]2C[C@H]21. The normalized spacial score (nSPS) is 32.5. The van der Waals surface area contributed by atoms with Crippen LogP contribution in [0.4, 0.5) is 5.69 Å². The van der Waals surface area contributed by atoms with Crippen molar-refractivity contribution in [1.29, 1.82) is 0 Å². The van der Waals surface area contributed by atoms with E-state index in [1.807, 2.05) is 4.90 Å². The van der Waals surface area contributed by atoms with Gasteiger partial charge in [-0.25, -0.2) is 0 Å². The molecule has 2 fully saturated rings. The van der Waals surface area contributed by atoms with Crippen LogP contribution in [0.3, 0.4) is 0 Å². The summed E-state index contributed by atoms with van der Waals surface area (Å²) in [5.41, 5.74) is 15.5. The van der Waals surface area contributed by atoms with Gasteiger partial charge in [-0.15, -0.1) is 0 Å². The van der Waals surface area contributed by atoms with Crippen molar-refractivity contribution < 1.29 is 4.79 Å². The Morgan fingerprint density at radius 2 is 2.14 bits per heavy atom. The van der Waals surface area contributed by atoms with Gasteiger partial charge in [0, 0.05) is 24.2 Å². The molecule has 1 heterocycles. The fraction of sp³-hybridized carbons (Fsp3) is 0.611. The fourth-order valence-electron chi connectivity index (χ4n) is 4.52. The van der Waals surface area contributed by atoms with E-state index in [9.17, 15) is 4.79 Å². The van der Waals surface area contributed by atoms with Gasteiger partial charge in [0.05, 0.1) is 0 Å². The zero-order chi connectivity index (χ0) is 15.3. The predicted molar refractivity (Wildman–Crippen MR) is 87.6 cm³/mol. The maximum atomic E-state index is 13.0. The highest BCUT2D eigenvalue weighted by Gasteiger charge is 2.56. The summed E-state index contributed by atoms with van der Waals surface area (Å²) < 4.78 is 0. The Hall–Kier alpha value is -1.39. The molecule has 0 unspecified atom stereocenters. The second-order valence-electron chi connectivity index (χ2n) is 7.16. The Morgan fingerprint density at radius 1 is 1.27 bits per heavy atom. The first-order valence-electron chi connectivity index (χ1n) is 8.58. The van der Waals surface area contributed by atoms with E-state index in [0.717, 1.165) is 44.3 Å². The molecule has 1 aromatic rings. The quantitative estimate of drug-likeness (QED) is 0.887. The smallest absolute Gasteiger partial charge is 0.230 e. The van der Waals surface area contributed by atoms with Crippen LogP contribution in [0.15, 0.2) is 18.2 Å². The molecule has 4 nitrogen and oxygen atoms in total. The minimum Gasteiger partial charge on any atom is -0.330 e. The van der Waals surface area contributed by atoms with E-state index in [-0.39, 0.29) is 12.0 Å². The van der Waals surface area contributed by atoms with Crippen molar-refractivity contribution in [2.45, 2.75) is 38.1 Å². The minimum absolute atomic E-state index is 0.162. The van der Waals surface area contributed by atoms with Crippen molar-refractivity contribution in [3.05, 3.63) is 29.3 Å². The molecule has 0 saturated heterocycles. The van der Waals surface area contributed by atoms with Crippen molar-refractivity contribution in [1.82, 2.24) is 0 Å². The summed E-state index contributed by atoms with van der Waals surface area (Å²) >= 11 is 0. The number of carbonyl (C=O) groups excluding carboxylic acids is 1. The van der Waals surface area contributed by atoms with Crippen LogP contribution in [0, 0.1) is 17.8 Å². The lowest BCUT2D eigenvalue weighted by atomic mass is 9.95. The zero-order valence-electron chi connectivity index (χ0n) is 13.0. The van der Waals surface area contributed by atoms with Crippen LogP contribution in [-0.2, 0) is 17.6 Å². The number of hydrogen-bond donors (Lipinski definition) is 2. The van der Waals surface area contributed by atoms with Gasteiger partial charge in [0.1, 0.15) is 0 Å². The van der Waals surface area contributed by atoms with Gasteiger partial charge >= 0.3 is 0 Å². The molecule has 3 aliphatic rings. The Labute approximate surface area is 131 Å². The highest BCUT2D eigenvalue weighted by molar-refractivity contribution is 5.97. The summed E-state index contributed by atoms with van der Waals surface area (Å²) in [6, 6.07) is 6.73. The van der Waals surface area contributed by atoms with E-state index in [4.69, 9.17) is 11.5 Å². The van der Waals surface area contributed by atoms with Crippen molar-refractivity contribution in [3.63, 3.8) is 0 Å². The monoisotopic (exact) mass is 299 g/mol. The standard InChI is InChI=1S/C18H25N3O/c19-6-5-11-3-4-17-12(8-11)2-1-7-21(17)18(22)15-10-16(20)14-9-13(14)15/h3-4,8,13-16H,1-2,5-7,9-10,19-20H2/t13-,14+,15-,16+/m1/s1.